The zero-order valence-electron chi connectivity index (χ0n) is 34.2. The molecule has 1 fully saturated rings. The van der Waals surface area contributed by atoms with Crippen LogP contribution in [0.15, 0.2) is 149 Å². The fourth-order valence-corrected chi connectivity index (χ4v) is 9.38. The average Bonchev–Trinajstić information content (AvgIpc) is 3.96. The minimum Gasteiger partial charge on any atom is -0.357 e. The molecular formula is C49H46FN7O3S. The molecule has 3 heterocycles. The highest BCUT2D eigenvalue weighted by Gasteiger charge is 2.38. The molecular weight excluding hydrogens is 786 g/mol. The third-order valence-electron chi connectivity index (χ3n) is 11.9. The van der Waals surface area contributed by atoms with Gasteiger partial charge in [0.2, 0.25) is 0 Å². The quantitative estimate of drug-likeness (QED) is 0.112. The lowest BCUT2D eigenvalue weighted by Crippen LogP contribution is -2.42. The SMILES string of the molecule is Cc1nc(NC(c2ccccc2)(c2ccccc2)c2ccccc2)sc1C(=O)N(C)c1ccc(CC2Nc3c(n(CC4CC4)c(=O)n(Cc4ccccc4F)c3=O)N2C)cc1. The maximum Gasteiger partial charge on any atom is 0.333 e. The first kappa shape index (κ1) is 39.7. The van der Waals surface area contributed by atoms with Gasteiger partial charge in [-0.05, 0) is 66.1 Å². The Morgan fingerprint density at radius 3 is 1.98 bits per heavy atom. The Kier molecular flexibility index (Phi) is 10.6. The first-order chi connectivity index (χ1) is 29.6. The maximum absolute atomic E-state index is 14.7. The van der Waals surface area contributed by atoms with Crippen LogP contribution in [0, 0.1) is 18.7 Å². The topological polar surface area (TPSA) is 104 Å². The first-order valence-electron chi connectivity index (χ1n) is 20.5. The summed E-state index contributed by atoms with van der Waals surface area (Å²) in [6.45, 7) is 2.21. The number of carbonyl (C=O) groups is 1. The molecule has 1 aliphatic carbocycles. The highest BCUT2D eigenvalue weighted by atomic mass is 32.1. The van der Waals surface area contributed by atoms with Crippen molar-refractivity contribution in [1.82, 2.24) is 14.1 Å². The van der Waals surface area contributed by atoms with Crippen LogP contribution in [0.25, 0.3) is 0 Å². The van der Waals surface area contributed by atoms with E-state index < -0.39 is 22.6 Å². The van der Waals surface area contributed by atoms with Crippen molar-refractivity contribution < 1.29 is 9.18 Å². The van der Waals surface area contributed by atoms with Crippen molar-refractivity contribution in [3.05, 3.63) is 205 Å². The molecule has 308 valence electrons. The molecule has 1 unspecified atom stereocenters. The van der Waals surface area contributed by atoms with Crippen LogP contribution in [-0.2, 0) is 25.0 Å². The van der Waals surface area contributed by atoms with Crippen LogP contribution in [0.3, 0.4) is 0 Å². The number of hydrogen-bond acceptors (Lipinski definition) is 8. The van der Waals surface area contributed by atoms with Gasteiger partial charge in [-0.25, -0.2) is 14.2 Å². The van der Waals surface area contributed by atoms with E-state index in [2.05, 4.69) is 47.0 Å². The number of carbonyl (C=O) groups excluding carboxylic acids is 1. The van der Waals surface area contributed by atoms with E-state index in [0.29, 0.717) is 51.8 Å². The summed E-state index contributed by atoms with van der Waals surface area (Å²) in [6.07, 6.45) is 2.25. The molecule has 10 nitrogen and oxygen atoms in total. The van der Waals surface area contributed by atoms with Crippen LogP contribution in [0.1, 0.15) is 56.0 Å². The molecule has 2 aliphatic rings. The van der Waals surface area contributed by atoms with E-state index in [0.717, 1.165) is 39.7 Å². The fraction of sp³-hybridized carbons (Fsp3) is 0.224. The molecule has 2 N–H and O–H groups in total. The second kappa shape index (κ2) is 16.3. The van der Waals surface area contributed by atoms with Gasteiger partial charge in [0, 0.05) is 38.3 Å². The monoisotopic (exact) mass is 831 g/mol. The number of halogens is 1. The largest absolute Gasteiger partial charge is 0.357 e. The molecule has 2 aromatic heterocycles. The average molecular weight is 832 g/mol. The molecule has 1 atom stereocenters. The Morgan fingerprint density at radius 2 is 1.41 bits per heavy atom. The van der Waals surface area contributed by atoms with Crippen LogP contribution in [-0.4, -0.2) is 40.3 Å². The van der Waals surface area contributed by atoms with E-state index in [4.69, 9.17) is 4.98 Å². The van der Waals surface area contributed by atoms with E-state index in [1.807, 2.05) is 97.7 Å². The van der Waals surface area contributed by atoms with Crippen LogP contribution >= 0.6 is 11.3 Å². The minimum atomic E-state index is -0.785. The lowest BCUT2D eigenvalue weighted by Gasteiger charge is -2.36. The van der Waals surface area contributed by atoms with Crippen molar-refractivity contribution >= 4 is 39.6 Å². The van der Waals surface area contributed by atoms with Gasteiger partial charge in [0.25, 0.3) is 11.5 Å². The number of amides is 1. The number of likely N-dealkylation sites (N-methyl/N-ethyl adjacent to an activating group) is 1. The number of hydrogen-bond donors (Lipinski definition) is 2. The normalized spacial score (nSPS) is 14.7. The van der Waals surface area contributed by atoms with Crippen molar-refractivity contribution in [2.45, 2.75) is 51.0 Å². The van der Waals surface area contributed by atoms with E-state index in [9.17, 15) is 18.8 Å². The van der Waals surface area contributed by atoms with Gasteiger partial charge in [-0.1, -0.05) is 133 Å². The van der Waals surface area contributed by atoms with Crippen molar-refractivity contribution in [3.63, 3.8) is 0 Å². The van der Waals surface area contributed by atoms with Gasteiger partial charge in [0.15, 0.2) is 5.13 Å². The zero-order valence-corrected chi connectivity index (χ0v) is 35.0. The van der Waals surface area contributed by atoms with Gasteiger partial charge in [0.05, 0.1) is 12.2 Å². The smallest absolute Gasteiger partial charge is 0.333 e. The summed E-state index contributed by atoms with van der Waals surface area (Å²) in [5.41, 5.74) is 4.37. The van der Waals surface area contributed by atoms with E-state index in [1.54, 1.807) is 34.7 Å². The summed E-state index contributed by atoms with van der Waals surface area (Å²) in [5, 5.41) is 7.82. The first-order valence-corrected chi connectivity index (χ1v) is 21.3. The summed E-state index contributed by atoms with van der Waals surface area (Å²) in [7, 11) is 3.65. The molecule has 61 heavy (non-hydrogen) atoms. The zero-order chi connectivity index (χ0) is 42.3. The van der Waals surface area contributed by atoms with Gasteiger partial charge >= 0.3 is 5.69 Å². The number of anilines is 4. The Balaban J connectivity index is 0.948. The van der Waals surface area contributed by atoms with Crippen LogP contribution < -0.4 is 31.7 Å². The summed E-state index contributed by atoms with van der Waals surface area (Å²) < 4.78 is 17.5. The summed E-state index contributed by atoms with van der Waals surface area (Å²) in [4.78, 5) is 51.0. The summed E-state index contributed by atoms with van der Waals surface area (Å²) in [5.74, 6) is 0.289. The summed E-state index contributed by atoms with van der Waals surface area (Å²) >= 11 is 1.34. The number of nitrogens with zero attached hydrogens (tertiary/aromatic N) is 5. The second-order valence-corrected chi connectivity index (χ2v) is 16.9. The van der Waals surface area contributed by atoms with Crippen LogP contribution in [0.4, 0.5) is 26.7 Å². The molecule has 1 saturated carbocycles. The molecule has 9 rings (SSSR count). The molecule has 1 amide bonds. The van der Waals surface area contributed by atoms with E-state index >= 15 is 0 Å². The third-order valence-corrected chi connectivity index (χ3v) is 13.0. The molecule has 1 aliphatic heterocycles. The molecule has 5 aromatic carbocycles. The van der Waals surface area contributed by atoms with Gasteiger partial charge in [0.1, 0.15) is 33.9 Å². The van der Waals surface area contributed by atoms with Gasteiger partial charge in [-0.3, -0.25) is 18.7 Å². The number of aromatic nitrogens is 3. The second-order valence-electron chi connectivity index (χ2n) is 15.9. The van der Waals surface area contributed by atoms with Crippen molar-refractivity contribution in [2.75, 3.05) is 34.5 Å². The van der Waals surface area contributed by atoms with E-state index in [1.165, 1.54) is 17.4 Å². The minimum absolute atomic E-state index is 0.152. The highest BCUT2D eigenvalue weighted by Crippen LogP contribution is 2.42. The van der Waals surface area contributed by atoms with Crippen molar-refractivity contribution in [2.24, 2.45) is 5.92 Å². The number of aryl methyl sites for hydroxylation is 1. The van der Waals surface area contributed by atoms with Crippen molar-refractivity contribution in [3.8, 4) is 0 Å². The predicted octanol–water partition coefficient (Wildman–Crippen LogP) is 8.48. The number of fused-ring (bicyclic) bond motifs is 1. The Labute approximate surface area is 357 Å². The van der Waals surface area contributed by atoms with Crippen LogP contribution in [0.2, 0.25) is 0 Å². The molecule has 0 spiro atoms. The lowest BCUT2D eigenvalue weighted by atomic mass is 9.77. The number of nitrogens with one attached hydrogen (secondary N) is 2. The van der Waals surface area contributed by atoms with Crippen LogP contribution in [0.5, 0.6) is 0 Å². The Morgan fingerprint density at radius 1 is 0.836 bits per heavy atom. The fourth-order valence-electron chi connectivity index (χ4n) is 8.38. The predicted molar refractivity (Wildman–Crippen MR) is 242 cm³/mol. The molecule has 0 saturated heterocycles. The number of rotatable bonds is 13. The third kappa shape index (κ3) is 7.52. The van der Waals surface area contributed by atoms with Crippen molar-refractivity contribution in [1.29, 1.82) is 0 Å². The maximum atomic E-state index is 14.7. The van der Waals surface area contributed by atoms with Gasteiger partial charge in [-0.15, -0.1) is 0 Å². The molecule has 0 bridgehead atoms. The van der Waals surface area contributed by atoms with Gasteiger partial charge in [-0.2, -0.15) is 0 Å². The Hall–Kier alpha value is -6.79. The Bertz CT molecular complexity index is 2730. The highest BCUT2D eigenvalue weighted by molar-refractivity contribution is 7.17. The standard InChI is InChI=1S/C49H46FN7O3S/c1-32-43(61-47(51-32)53-49(36-16-7-4-8-17-36,37-18-9-5-10-19-37)38-20-11-6-12-21-38)46(59)54(2)39-27-25-33(26-28-39)29-41-52-42-44(55(41)3)56(30-34-23-24-34)48(60)57(45(42)58)31-35-15-13-14-22-40(35)50/h4-22,25-28,34,41,52H,23-24,29-31H2,1-3H3,(H,51,53). The van der Waals surface area contributed by atoms with E-state index in [-0.39, 0.29) is 24.2 Å². The summed E-state index contributed by atoms with van der Waals surface area (Å²) in [6, 6.07) is 44.9. The molecule has 0 radical (unpaired) electrons. The number of benzene rings is 5. The number of thiazole rings is 1. The molecule has 7 aromatic rings. The van der Waals surface area contributed by atoms with Gasteiger partial charge < -0.3 is 20.4 Å². The lowest BCUT2D eigenvalue weighted by molar-refractivity contribution is 0.0996. The molecule has 12 heteroatoms.